The first-order valence-corrected chi connectivity index (χ1v) is 8.19. The molecular formula is C14H27N3OS2. The van der Waals surface area contributed by atoms with Gasteiger partial charge in [-0.25, -0.2) is 0 Å². The van der Waals surface area contributed by atoms with Crippen LogP contribution in [0.2, 0.25) is 0 Å². The van der Waals surface area contributed by atoms with E-state index in [9.17, 15) is 0 Å². The summed E-state index contributed by atoms with van der Waals surface area (Å²) in [6.45, 7) is 5.87. The van der Waals surface area contributed by atoms with E-state index in [4.69, 9.17) is 40.6 Å². The van der Waals surface area contributed by atoms with Crippen molar-refractivity contribution in [2.24, 2.45) is 17.4 Å². The lowest BCUT2D eigenvalue weighted by molar-refractivity contribution is 0.0122. The first-order chi connectivity index (χ1) is 9.49. The van der Waals surface area contributed by atoms with Crippen LogP contribution >= 0.6 is 24.4 Å². The van der Waals surface area contributed by atoms with E-state index < -0.39 is 0 Å². The summed E-state index contributed by atoms with van der Waals surface area (Å²) in [7, 11) is 0. The zero-order chi connectivity index (χ0) is 15.0. The molecule has 0 aromatic heterocycles. The van der Waals surface area contributed by atoms with Gasteiger partial charge in [-0.2, -0.15) is 0 Å². The summed E-state index contributed by atoms with van der Waals surface area (Å²) in [5.41, 5.74) is 11.3. The summed E-state index contributed by atoms with van der Waals surface area (Å²) in [4.78, 5) is 3.73. The summed E-state index contributed by atoms with van der Waals surface area (Å²) in [6, 6.07) is 0.536. The van der Waals surface area contributed by atoms with E-state index in [1.165, 1.54) is 0 Å². The van der Waals surface area contributed by atoms with E-state index in [1.807, 2.05) is 0 Å². The summed E-state index contributed by atoms with van der Waals surface area (Å²) in [5, 5.41) is 0. The normalized spacial score (nSPS) is 19.4. The number of ether oxygens (including phenoxy) is 1. The molecule has 1 aliphatic rings. The molecule has 116 valence electrons. The molecule has 0 bridgehead atoms. The van der Waals surface area contributed by atoms with E-state index >= 15 is 0 Å². The largest absolute Gasteiger partial charge is 0.393 e. The lowest BCUT2D eigenvalue weighted by Gasteiger charge is -2.35. The predicted molar refractivity (Wildman–Crippen MR) is 92.0 cm³/mol. The van der Waals surface area contributed by atoms with Crippen molar-refractivity contribution in [2.45, 2.75) is 45.1 Å². The maximum atomic E-state index is 5.65. The Hall–Kier alpha value is -0.300. The molecule has 4 nitrogen and oxygen atoms in total. The quantitative estimate of drug-likeness (QED) is 0.633. The highest BCUT2D eigenvalue weighted by Crippen LogP contribution is 2.19. The van der Waals surface area contributed by atoms with Crippen molar-refractivity contribution in [3.63, 3.8) is 0 Å². The fourth-order valence-electron chi connectivity index (χ4n) is 2.68. The average molecular weight is 318 g/mol. The Balaban J connectivity index is 2.43. The molecule has 1 saturated heterocycles. The molecule has 1 aliphatic heterocycles. The van der Waals surface area contributed by atoms with E-state index in [0.29, 0.717) is 21.9 Å². The Morgan fingerprint density at radius 1 is 1.10 bits per heavy atom. The molecule has 2 unspecified atom stereocenters. The molecule has 0 amide bonds. The molecule has 6 heteroatoms. The van der Waals surface area contributed by atoms with Crippen LogP contribution in [0.25, 0.3) is 0 Å². The van der Waals surface area contributed by atoms with Crippen LogP contribution in [0.4, 0.5) is 0 Å². The maximum absolute atomic E-state index is 5.65. The summed E-state index contributed by atoms with van der Waals surface area (Å²) in [6.07, 6.45) is 4.97. The summed E-state index contributed by atoms with van der Waals surface area (Å²) < 4.78 is 5.43. The zero-order valence-electron chi connectivity index (χ0n) is 12.3. The predicted octanol–water partition coefficient (Wildman–Crippen LogP) is 1.85. The number of nitrogens with zero attached hydrogens (tertiary/aromatic N) is 1. The zero-order valence-corrected chi connectivity index (χ0v) is 14.0. The molecule has 1 fully saturated rings. The van der Waals surface area contributed by atoms with Gasteiger partial charge in [-0.15, -0.1) is 0 Å². The van der Waals surface area contributed by atoms with E-state index in [-0.39, 0.29) is 0 Å². The van der Waals surface area contributed by atoms with Gasteiger partial charge in [0.15, 0.2) is 0 Å². The van der Waals surface area contributed by atoms with Gasteiger partial charge < -0.3 is 16.2 Å². The van der Waals surface area contributed by atoms with Gasteiger partial charge in [0.1, 0.15) is 0 Å². The van der Waals surface area contributed by atoms with Gasteiger partial charge in [-0.3, -0.25) is 4.90 Å². The number of rotatable bonds is 9. The molecule has 2 atom stereocenters. The van der Waals surface area contributed by atoms with E-state index in [0.717, 1.165) is 58.4 Å². The standard InChI is InChI=1S/C14H27N3OS2/c1-11(10-14(16)20)2-3-12(4-5-13(15)19)17-6-8-18-9-7-17/h11-12H,2-10H2,1H3,(H2,15,19)(H2,16,20). The van der Waals surface area contributed by atoms with Gasteiger partial charge in [0.2, 0.25) is 0 Å². The van der Waals surface area contributed by atoms with Crippen molar-refractivity contribution in [1.29, 1.82) is 0 Å². The fraction of sp³-hybridized carbons (Fsp3) is 0.857. The SMILES string of the molecule is CC(CCC(CCC(N)=S)N1CCOCC1)CC(N)=S. The van der Waals surface area contributed by atoms with Crippen molar-refractivity contribution in [3.05, 3.63) is 0 Å². The molecule has 4 N–H and O–H groups in total. The highest BCUT2D eigenvalue weighted by molar-refractivity contribution is 7.80. The van der Waals surface area contributed by atoms with Gasteiger partial charge >= 0.3 is 0 Å². The van der Waals surface area contributed by atoms with Crippen LogP contribution in [-0.2, 0) is 4.74 Å². The van der Waals surface area contributed by atoms with E-state index in [2.05, 4.69) is 11.8 Å². The number of hydrogen-bond acceptors (Lipinski definition) is 4. The van der Waals surface area contributed by atoms with Crippen molar-refractivity contribution in [3.8, 4) is 0 Å². The Morgan fingerprint density at radius 2 is 1.75 bits per heavy atom. The summed E-state index contributed by atoms with van der Waals surface area (Å²) in [5.74, 6) is 0.542. The Kier molecular flexibility index (Phi) is 8.52. The van der Waals surface area contributed by atoms with Crippen LogP contribution in [0.1, 0.15) is 39.0 Å². The molecule has 1 heterocycles. The summed E-state index contributed by atoms with van der Waals surface area (Å²) >= 11 is 9.99. The van der Waals surface area contributed by atoms with Crippen LogP contribution in [0.15, 0.2) is 0 Å². The van der Waals surface area contributed by atoms with Crippen molar-refractivity contribution < 1.29 is 4.74 Å². The van der Waals surface area contributed by atoms with Gasteiger partial charge in [0.05, 0.1) is 23.2 Å². The highest BCUT2D eigenvalue weighted by atomic mass is 32.1. The Morgan fingerprint density at radius 3 is 2.30 bits per heavy atom. The van der Waals surface area contributed by atoms with Gasteiger partial charge in [-0.1, -0.05) is 31.4 Å². The molecule has 0 aromatic carbocycles. The van der Waals surface area contributed by atoms with Crippen LogP contribution in [0, 0.1) is 5.92 Å². The topological polar surface area (TPSA) is 64.5 Å². The van der Waals surface area contributed by atoms with Crippen molar-refractivity contribution in [2.75, 3.05) is 26.3 Å². The fourth-order valence-corrected chi connectivity index (χ4v) is 3.09. The maximum Gasteiger partial charge on any atom is 0.0730 e. The minimum absolute atomic E-state index is 0.536. The molecule has 0 radical (unpaired) electrons. The minimum atomic E-state index is 0.536. The van der Waals surface area contributed by atoms with Gasteiger partial charge in [-0.05, 0) is 31.6 Å². The van der Waals surface area contributed by atoms with Gasteiger partial charge in [0.25, 0.3) is 0 Å². The first-order valence-electron chi connectivity index (χ1n) is 7.37. The third-order valence-electron chi connectivity index (χ3n) is 3.83. The lowest BCUT2D eigenvalue weighted by atomic mass is 9.95. The number of thiocarbonyl (C=S) groups is 2. The Bertz CT molecular complexity index is 320. The molecule has 0 spiro atoms. The molecule has 0 aromatic rings. The number of nitrogens with two attached hydrogens (primary N) is 2. The third kappa shape index (κ3) is 7.47. The lowest BCUT2D eigenvalue weighted by Crippen LogP contribution is -2.44. The number of hydrogen-bond donors (Lipinski definition) is 2. The monoisotopic (exact) mass is 317 g/mol. The smallest absolute Gasteiger partial charge is 0.0730 e. The second kappa shape index (κ2) is 9.60. The third-order valence-corrected chi connectivity index (χ3v) is 4.20. The number of morpholine rings is 1. The first kappa shape index (κ1) is 17.8. The minimum Gasteiger partial charge on any atom is -0.393 e. The van der Waals surface area contributed by atoms with E-state index in [1.54, 1.807) is 0 Å². The molecule has 20 heavy (non-hydrogen) atoms. The van der Waals surface area contributed by atoms with Crippen LogP contribution in [0.3, 0.4) is 0 Å². The molecule has 0 aliphatic carbocycles. The second-order valence-electron chi connectivity index (χ2n) is 5.66. The molecule has 0 saturated carbocycles. The Labute approximate surface area is 133 Å². The van der Waals surface area contributed by atoms with Crippen LogP contribution < -0.4 is 11.5 Å². The van der Waals surface area contributed by atoms with Gasteiger partial charge in [0, 0.05) is 25.6 Å². The molecular weight excluding hydrogens is 290 g/mol. The van der Waals surface area contributed by atoms with Crippen molar-refractivity contribution in [1.82, 2.24) is 4.90 Å². The highest BCUT2D eigenvalue weighted by Gasteiger charge is 2.21. The van der Waals surface area contributed by atoms with Crippen LogP contribution in [0.5, 0.6) is 0 Å². The molecule has 1 rings (SSSR count). The van der Waals surface area contributed by atoms with Crippen molar-refractivity contribution >= 4 is 34.4 Å². The van der Waals surface area contributed by atoms with Crippen LogP contribution in [-0.4, -0.2) is 47.2 Å². The second-order valence-corrected chi connectivity index (χ2v) is 6.71. The average Bonchev–Trinajstić information content (AvgIpc) is 2.38.